The molecule has 0 radical (unpaired) electrons. The summed E-state index contributed by atoms with van der Waals surface area (Å²) in [4.78, 5) is 12.8. The number of rotatable bonds is 1. The largest absolute Gasteiger partial charge is 0.481 e. The van der Waals surface area contributed by atoms with E-state index in [4.69, 9.17) is 5.11 Å². The SMILES string of the molecule is O=C(O)[C@@H]1CCN2C[C@H](O)C[C@H]12. The van der Waals surface area contributed by atoms with E-state index in [1.54, 1.807) is 0 Å². The maximum absolute atomic E-state index is 10.7. The number of carbonyl (C=O) groups is 1. The Morgan fingerprint density at radius 1 is 1.50 bits per heavy atom. The van der Waals surface area contributed by atoms with Crippen LogP contribution < -0.4 is 0 Å². The number of aliphatic carboxylic acids is 1. The zero-order chi connectivity index (χ0) is 8.72. The molecule has 2 saturated heterocycles. The summed E-state index contributed by atoms with van der Waals surface area (Å²) < 4.78 is 0. The van der Waals surface area contributed by atoms with Crippen molar-refractivity contribution in [1.29, 1.82) is 0 Å². The second-order valence-electron chi connectivity index (χ2n) is 3.69. The van der Waals surface area contributed by atoms with Crippen molar-refractivity contribution in [2.75, 3.05) is 13.1 Å². The van der Waals surface area contributed by atoms with Crippen molar-refractivity contribution in [3.63, 3.8) is 0 Å². The average molecular weight is 171 g/mol. The summed E-state index contributed by atoms with van der Waals surface area (Å²) in [7, 11) is 0. The molecular weight excluding hydrogens is 158 g/mol. The molecule has 0 amide bonds. The van der Waals surface area contributed by atoms with Gasteiger partial charge in [0.2, 0.25) is 0 Å². The van der Waals surface area contributed by atoms with Gasteiger partial charge in [-0.1, -0.05) is 0 Å². The molecule has 2 fully saturated rings. The minimum Gasteiger partial charge on any atom is -0.481 e. The van der Waals surface area contributed by atoms with Gasteiger partial charge in [-0.3, -0.25) is 9.69 Å². The number of nitrogens with zero attached hydrogens (tertiary/aromatic N) is 1. The zero-order valence-electron chi connectivity index (χ0n) is 6.81. The van der Waals surface area contributed by atoms with Gasteiger partial charge in [-0.25, -0.2) is 0 Å². The normalized spacial score (nSPS) is 41.6. The van der Waals surface area contributed by atoms with E-state index in [1.807, 2.05) is 0 Å². The molecule has 0 aliphatic carbocycles. The molecule has 0 saturated carbocycles. The highest BCUT2D eigenvalue weighted by Gasteiger charge is 2.44. The fourth-order valence-corrected chi connectivity index (χ4v) is 2.37. The Hall–Kier alpha value is -0.610. The first kappa shape index (κ1) is 8.01. The Labute approximate surface area is 70.8 Å². The van der Waals surface area contributed by atoms with E-state index in [0.717, 1.165) is 13.0 Å². The number of aliphatic hydroxyl groups is 1. The monoisotopic (exact) mass is 171 g/mol. The summed E-state index contributed by atoms with van der Waals surface area (Å²) in [6, 6.07) is 0.0949. The van der Waals surface area contributed by atoms with Gasteiger partial charge >= 0.3 is 5.97 Å². The first-order valence-electron chi connectivity index (χ1n) is 4.33. The third kappa shape index (κ3) is 1.11. The quantitative estimate of drug-likeness (QED) is 0.559. The number of aliphatic hydroxyl groups excluding tert-OH is 1. The van der Waals surface area contributed by atoms with E-state index >= 15 is 0 Å². The Morgan fingerprint density at radius 2 is 2.25 bits per heavy atom. The number of carboxylic acids is 1. The molecule has 0 aromatic heterocycles. The van der Waals surface area contributed by atoms with Crippen LogP contribution in [0.25, 0.3) is 0 Å². The lowest BCUT2D eigenvalue weighted by Crippen LogP contribution is -2.29. The molecule has 0 aromatic rings. The van der Waals surface area contributed by atoms with Crippen LogP contribution in [0.1, 0.15) is 12.8 Å². The van der Waals surface area contributed by atoms with E-state index < -0.39 is 5.97 Å². The van der Waals surface area contributed by atoms with E-state index in [0.29, 0.717) is 13.0 Å². The summed E-state index contributed by atoms with van der Waals surface area (Å²) in [5, 5.41) is 18.1. The molecule has 68 valence electrons. The maximum Gasteiger partial charge on any atom is 0.308 e. The summed E-state index contributed by atoms with van der Waals surface area (Å²) >= 11 is 0. The Morgan fingerprint density at radius 3 is 2.92 bits per heavy atom. The number of hydrogen-bond donors (Lipinski definition) is 2. The Balaban J connectivity index is 2.08. The molecule has 0 bridgehead atoms. The average Bonchev–Trinajstić information content (AvgIpc) is 2.43. The fraction of sp³-hybridized carbons (Fsp3) is 0.875. The van der Waals surface area contributed by atoms with Crippen molar-refractivity contribution in [3.8, 4) is 0 Å². The van der Waals surface area contributed by atoms with Gasteiger partial charge in [-0.15, -0.1) is 0 Å². The highest BCUT2D eigenvalue weighted by molar-refractivity contribution is 5.71. The molecule has 0 aromatic carbocycles. The van der Waals surface area contributed by atoms with Gasteiger partial charge in [0, 0.05) is 12.6 Å². The Kier molecular flexibility index (Phi) is 1.81. The third-order valence-corrected chi connectivity index (χ3v) is 2.94. The lowest BCUT2D eigenvalue weighted by Gasteiger charge is -2.15. The van der Waals surface area contributed by atoms with E-state index in [-0.39, 0.29) is 18.1 Å². The van der Waals surface area contributed by atoms with Crippen LogP contribution in [0.5, 0.6) is 0 Å². The summed E-state index contributed by atoms with van der Waals surface area (Å²) in [6.07, 6.45) is 1.07. The maximum atomic E-state index is 10.7. The topological polar surface area (TPSA) is 60.8 Å². The second-order valence-corrected chi connectivity index (χ2v) is 3.69. The molecule has 12 heavy (non-hydrogen) atoms. The van der Waals surface area contributed by atoms with Gasteiger partial charge in [0.05, 0.1) is 12.0 Å². The standard InChI is InChI=1S/C8H13NO3/c10-5-3-7-6(8(11)12)1-2-9(7)4-5/h5-7,10H,1-4H2,(H,11,12)/t5-,6-,7-/m1/s1. The van der Waals surface area contributed by atoms with Gasteiger partial charge in [-0.2, -0.15) is 0 Å². The molecular formula is C8H13NO3. The van der Waals surface area contributed by atoms with Crippen LogP contribution in [0.4, 0.5) is 0 Å². The van der Waals surface area contributed by atoms with Crippen LogP contribution in [0, 0.1) is 5.92 Å². The van der Waals surface area contributed by atoms with Crippen molar-refractivity contribution in [2.24, 2.45) is 5.92 Å². The number of hydrogen-bond acceptors (Lipinski definition) is 3. The van der Waals surface area contributed by atoms with Crippen LogP contribution in [0.3, 0.4) is 0 Å². The third-order valence-electron chi connectivity index (χ3n) is 2.94. The smallest absolute Gasteiger partial charge is 0.308 e. The summed E-state index contributed by atoms with van der Waals surface area (Å²) in [6.45, 7) is 1.49. The predicted molar refractivity (Wildman–Crippen MR) is 41.7 cm³/mol. The lowest BCUT2D eigenvalue weighted by atomic mass is 9.98. The summed E-state index contributed by atoms with van der Waals surface area (Å²) in [5.41, 5.74) is 0. The molecule has 2 N–H and O–H groups in total. The molecule has 2 heterocycles. The van der Waals surface area contributed by atoms with E-state index in [9.17, 15) is 9.90 Å². The molecule has 2 aliphatic rings. The molecule has 4 nitrogen and oxygen atoms in total. The Bertz CT molecular complexity index is 206. The van der Waals surface area contributed by atoms with Crippen molar-refractivity contribution < 1.29 is 15.0 Å². The predicted octanol–water partition coefficient (Wildman–Crippen LogP) is -0.474. The molecule has 4 heteroatoms. The van der Waals surface area contributed by atoms with Crippen LogP contribution in [0.2, 0.25) is 0 Å². The van der Waals surface area contributed by atoms with Crippen LogP contribution >= 0.6 is 0 Å². The van der Waals surface area contributed by atoms with Gasteiger partial charge in [0.25, 0.3) is 0 Å². The molecule has 3 atom stereocenters. The summed E-state index contributed by atoms with van der Waals surface area (Å²) in [5.74, 6) is -0.959. The fourth-order valence-electron chi connectivity index (χ4n) is 2.37. The highest BCUT2D eigenvalue weighted by Crippen LogP contribution is 2.32. The van der Waals surface area contributed by atoms with Crippen molar-refractivity contribution in [1.82, 2.24) is 4.90 Å². The molecule has 0 spiro atoms. The molecule has 2 aliphatic heterocycles. The zero-order valence-corrected chi connectivity index (χ0v) is 6.81. The highest BCUT2D eigenvalue weighted by atomic mass is 16.4. The lowest BCUT2D eigenvalue weighted by molar-refractivity contribution is -0.142. The number of fused-ring (bicyclic) bond motifs is 1. The first-order valence-corrected chi connectivity index (χ1v) is 4.33. The van der Waals surface area contributed by atoms with Crippen molar-refractivity contribution >= 4 is 5.97 Å². The first-order chi connectivity index (χ1) is 5.68. The minimum absolute atomic E-state index is 0.0949. The van der Waals surface area contributed by atoms with Gasteiger partial charge < -0.3 is 10.2 Å². The second kappa shape index (κ2) is 2.71. The molecule has 0 unspecified atom stereocenters. The van der Waals surface area contributed by atoms with E-state index in [2.05, 4.69) is 4.90 Å². The van der Waals surface area contributed by atoms with Gasteiger partial charge in [0.1, 0.15) is 0 Å². The van der Waals surface area contributed by atoms with E-state index in [1.165, 1.54) is 0 Å². The number of carboxylic acid groups (broad SMARTS) is 1. The van der Waals surface area contributed by atoms with Crippen LogP contribution in [0.15, 0.2) is 0 Å². The minimum atomic E-state index is -0.711. The van der Waals surface area contributed by atoms with Crippen LogP contribution in [-0.2, 0) is 4.79 Å². The van der Waals surface area contributed by atoms with Gasteiger partial charge in [-0.05, 0) is 19.4 Å². The van der Waals surface area contributed by atoms with Crippen LogP contribution in [-0.4, -0.2) is 46.3 Å². The van der Waals surface area contributed by atoms with Gasteiger partial charge in [0.15, 0.2) is 0 Å². The van der Waals surface area contributed by atoms with Crippen molar-refractivity contribution in [2.45, 2.75) is 25.0 Å². The van der Waals surface area contributed by atoms with Crippen molar-refractivity contribution in [3.05, 3.63) is 0 Å². The molecule has 2 rings (SSSR count).